The van der Waals surface area contributed by atoms with Gasteiger partial charge < -0.3 is 4.74 Å². The number of hydrogen-bond acceptors (Lipinski definition) is 3. The van der Waals surface area contributed by atoms with Gasteiger partial charge in [-0.25, -0.2) is 10.2 Å². The molecule has 2 rings (SSSR count). The second kappa shape index (κ2) is 7.48. The number of ether oxygens (including phenoxy) is 1. The van der Waals surface area contributed by atoms with Crippen molar-refractivity contribution < 1.29 is 9.53 Å². The summed E-state index contributed by atoms with van der Waals surface area (Å²) in [6, 6.07) is 10.2. The molecule has 4 heteroatoms. The molecule has 0 bridgehead atoms. The molecule has 1 N–H and O–H groups in total. The summed E-state index contributed by atoms with van der Waals surface area (Å²) in [5.41, 5.74) is 5.75. The molecule has 1 amide bonds. The van der Waals surface area contributed by atoms with Crippen molar-refractivity contribution in [3.8, 4) is 0 Å². The molecule has 0 radical (unpaired) electrons. The monoisotopic (exact) mass is 272 g/mol. The average molecular weight is 272 g/mol. The van der Waals surface area contributed by atoms with E-state index in [1.165, 1.54) is 19.1 Å². The Hall–Kier alpha value is -2.10. The quantitative estimate of drug-likeness (QED) is 0.658. The van der Waals surface area contributed by atoms with E-state index in [1.807, 2.05) is 18.2 Å². The summed E-state index contributed by atoms with van der Waals surface area (Å²) in [5.74, 6) is 0. The van der Waals surface area contributed by atoms with Crippen molar-refractivity contribution in [1.29, 1.82) is 0 Å². The highest BCUT2D eigenvalue weighted by Gasteiger charge is 2.12. The third-order valence-electron chi connectivity index (χ3n) is 3.34. The first-order valence-corrected chi connectivity index (χ1v) is 6.96. The first kappa shape index (κ1) is 14.3. The number of rotatable bonds is 2. The van der Waals surface area contributed by atoms with E-state index in [4.69, 9.17) is 0 Å². The van der Waals surface area contributed by atoms with Crippen LogP contribution in [0.1, 0.15) is 37.7 Å². The van der Waals surface area contributed by atoms with Gasteiger partial charge in [0.1, 0.15) is 0 Å². The van der Waals surface area contributed by atoms with Gasteiger partial charge in [0, 0.05) is 0 Å². The zero-order valence-corrected chi connectivity index (χ0v) is 11.8. The number of nitrogens with zero attached hydrogens (tertiary/aromatic N) is 1. The zero-order chi connectivity index (χ0) is 14.2. The Labute approximate surface area is 119 Å². The molecule has 0 unspecified atom stereocenters. The number of benzene rings is 1. The summed E-state index contributed by atoms with van der Waals surface area (Å²) in [5, 5.41) is 4.22. The SMILES string of the molecule is COC(=O)N/N=C1\CCCCC\C1=C\c1ccccc1. The lowest BCUT2D eigenvalue weighted by Crippen LogP contribution is -2.19. The Balaban J connectivity index is 2.21. The van der Waals surface area contributed by atoms with Crippen LogP contribution in [-0.2, 0) is 4.74 Å². The number of amides is 1. The van der Waals surface area contributed by atoms with Crippen molar-refractivity contribution in [3.63, 3.8) is 0 Å². The molecule has 0 saturated heterocycles. The molecule has 106 valence electrons. The van der Waals surface area contributed by atoms with E-state index < -0.39 is 6.09 Å². The minimum atomic E-state index is -0.527. The van der Waals surface area contributed by atoms with Gasteiger partial charge >= 0.3 is 6.09 Å². The highest BCUT2D eigenvalue weighted by atomic mass is 16.5. The largest absolute Gasteiger partial charge is 0.452 e. The van der Waals surface area contributed by atoms with E-state index in [2.05, 4.69) is 33.5 Å². The molecule has 0 aliphatic heterocycles. The van der Waals surface area contributed by atoms with Crippen molar-refractivity contribution in [3.05, 3.63) is 41.5 Å². The van der Waals surface area contributed by atoms with E-state index in [1.54, 1.807) is 0 Å². The van der Waals surface area contributed by atoms with Crippen LogP contribution in [-0.4, -0.2) is 18.9 Å². The van der Waals surface area contributed by atoms with E-state index in [0.29, 0.717) is 0 Å². The minimum absolute atomic E-state index is 0.527. The molecule has 1 saturated carbocycles. The molecule has 1 aliphatic carbocycles. The maximum Gasteiger partial charge on any atom is 0.427 e. The summed E-state index contributed by atoms with van der Waals surface area (Å²) in [4.78, 5) is 11.1. The van der Waals surface area contributed by atoms with Crippen LogP contribution in [0.5, 0.6) is 0 Å². The van der Waals surface area contributed by atoms with Crippen LogP contribution in [0.4, 0.5) is 4.79 Å². The molecule has 20 heavy (non-hydrogen) atoms. The molecule has 0 heterocycles. The molecule has 1 aliphatic rings. The molecule has 4 nitrogen and oxygen atoms in total. The Morgan fingerprint density at radius 2 is 1.95 bits per heavy atom. The molecule has 0 spiro atoms. The number of hydrogen-bond donors (Lipinski definition) is 1. The Morgan fingerprint density at radius 3 is 2.70 bits per heavy atom. The van der Waals surface area contributed by atoms with Gasteiger partial charge in [-0.2, -0.15) is 5.10 Å². The van der Waals surface area contributed by atoms with E-state index in [-0.39, 0.29) is 0 Å². The van der Waals surface area contributed by atoms with Gasteiger partial charge in [-0.15, -0.1) is 0 Å². The lowest BCUT2D eigenvalue weighted by Gasteiger charge is -2.07. The Morgan fingerprint density at radius 1 is 1.20 bits per heavy atom. The normalized spacial score (nSPS) is 19.6. The molecule has 1 aromatic carbocycles. The second-order valence-corrected chi connectivity index (χ2v) is 4.80. The smallest absolute Gasteiger partial charge is 0.427 e. The lowest BCUT2D eigenvalue weighted by molar-refractivity contribution is 0.171. The third-order valence-corrected chi connectivity index (χ3v) is 3.34. The molecule has 1 aromatic rings. The number of carbonyl (C=O) groups excluding carboxylic acids is 1. The van der Waals surface area contributed by atoms with E-state index in [0.717, 1.165) is 37.0 Å². The van der Waals surface area contributed by atoms with Crippen molar-refractivity contribution in [2.24, 2.45) is 5.10 Å². The van der Waals surface area contributed by atoms with Crippen molar-refractivity contribution in [2.45, 2.75) is 32.1 Å². The van der Waals surface area contributed by atoms with Gasteiger partial charge in [-0.3, -0.25) is 0 Å². The molecule has 1 fully saturated rings. The second-order valence-electron chi connectivity index (χ2n) is 4.80. The third kappa shape index (κ3) is 4.23. The predicted molar refractivity (Wildman–Crippen MR) is 80.5 cm³/mol. The average Bonchev–Trinajstić information content (AvgIpc) is 2.71. The highest BCUT2D eigenvalue weighted by molar-refractivity contribution is 6.04. The lowest BCUT2D eigenvalue weighted by atomic mass is 10.0. The van der Waals surface area contributed by atoms with Crippen LogP contribution >= 0.6 is 0 Å². The van der Waals surface area contributed by atoms with E-state index >= 15 is 0 Å². The fourth-order valence-electron chi connectivity index (χ4n) is 2.28. The van der Waals surface area contributed by atoms with Crippen molar-refractivity contribution >= 4 is 17.9 Å². The van der Waals surface area contributed by atoms with Gasteiger partial charge in [0.15, 0.2) is 0 Å². The molecular weight excluding hydrogens is 252 g/mol. The number of methoxy groups -OCH3 is 1. The van der Waals surface area contributed by atoms with Crippen molar-refractivity contribution in [2.75, 3.05) is 7.11 Å². The number of hydrazone groups is 1. The summed E-state index contributed by atoms with van der Waals surface area (Å²) >= 11 is 0. The van der Waals surface area contributed by atoms with Crippen LogP contribution < -0.4 is 5.43 Å². The van der Waals surface area contributed by atoms with Crippen LogP contribution in [0.25, 0.3) is 6.08 Å². The fourth-order valence-corrected chi connectivity index (χ4v) is 2.28. The maximum atomic E-state index is 11.1. The Kier molecular flexibility index (Phi) is 5.35. The summed E-state index contributed by atoms with van der Waals surface area (Å²) < 4.78 is 4.55. The van der Waals surface area contributed by atoms with Crippen molar-refractivity contribution in [1.82, 2.24) is 5.43 Å². The van der Waals surface area contributed by atoms with Crippen LogP contribution in [0.15, 0.2) is 41.0 Å². The summed E-state index contributed by atoms with van der Waals surface area (Å²) in [7, 11) is 1.34. The van der Waals surface area contributed by atoms with E-state index in [9.17, 15) is 4.79 Å². The summed E-state index contributed by atoms with van der Waals surface area (Å²) in [6.07, 6.45) is 6.98. The topological polar surface area (TPSA) is 50.7 Å². The van der Waals surface area contributed by atoms with Gasteiger partial charge in [-0.05, 0) is 42.9 Å². The zero-order valence-electron chi connectivity index (χ0n) is 11.8. The number of nitrogens with one attached hydrogen (secondary N) is 1. The standard InChI is InChI=1S/C16H20N2O2/c1-20-16(19)18-17-15-11-7-3-6-10-14(15)12-13-8-4-2-5-9-13/h2,4-5,8-9,12H,3,6-7,10-11H2,1H3,(H,18,19)/b14-12-,17-15+. The molecule has 0 aromatic heterocycles. The van der Waals surface area contributed by atoms with Gasteiger partial charge in [0.2, 0.25) is 0 Å². The number of allylic oxidation sites excluding steroid dienone is 1. The molecule has 0 atom stereocenters. The first-order valence-electron chi connectivity index (χ1n) is 6.96. The van der Waals surface area contributed by atoms with Crippen LogP contribution in [0, 0.1) is 0 Å². The van der Waals surface area contributed by atoms with Gasteiger partial charge in [0.25, 0.3) is 0 Å². The van der Waals surface area contributed by atoms with Gasteiger partial charge in [-0.1, -0.05) is 36.8 Å². The fraction of sp³-hybridized carbons (Fsp3) is 0.375. The van der Waals surface area contributed by atoms with Crippen LogP contribution in [0.2, 0.25) is 0 Å². The number of carbonyl (C=O) groups is 1. The Bertz CT molecular complexity index is 506. The summed E-state index contributed by atoms with van der Waals surface area (Å²) in [6.45, 7) is 0. The highest BCUT2D eigenvalue weighted by Crippen LogP contribution is 2.22. The minimum Gasteiger partial charge on any atom is -0.452 e. The van der Waals surface area contributed by atoms with Crippen LogP contribution in [0.3, 0.4) is 0 Å². The first-order chi connectivity index (χ1) is 9.79. The predicted octanol–water partition coefficient (Wildman–Crippen LogP) is 3.75. The molecular formula is C16H20N2O2. The van der Waals surface area contributed by atoms with Gasteiger partial charge in [0.05, 0.1) is 12.8 Å². The maximum absolute atomic E-state index is 11.1.